The van der Waals surface area contributed by atoms with E-state index in [1.807, 2.05) is 0 Å². The first-order valence-corrected chi connectivity index (χ1v) is 5.44. The summed E-state index contributed by atoms with van der Waals surface area (Å²) in [6.45, 7) is 2.00. The van der Waals surface area contributed by atoms with Crippen molar-refractivity contribution < 1.29 is 14.7 Å². The molecule has 2 aliphatic heterocycles. The molecule has 2 rings (SSSR count). The average molecular weight is 212 g/mol. The van der Waals surface area contributed by atoms with Gasteiger partial charge in [0.25, 0.3) is 0 Å². The zero-order chi connectivity index (χ0) is 10.8. The van der Waals surface area contributed by atoms with Crippen LogP contribution in [0.2, 0.25) is 0 Å². The van der Waals surface area contributed by atoms with E-state index in [-0.39, 0.29) is 11.8 Å². The summed E-state index contributed by atoms with van der Waals surface area (Å²) in [6.07, 6.45) is 2.43. The SMILES string of the molecule is O=C(O)[C@H]1CCCCN1C(=O)C1CNC1. The smallest absolute Gasteiger partial charge is 0.326 e. The molecule has 15 heavy (non-hydrogen) atoms. The number of piperidine rings is 1. The van der Waals surface area contributed by atoms with Crippen molar-refractivity contribution in [2.75, 3.05) is 19.6 Å². The van der Waals surface area contributed by atoms with Gasteiger partial charge in [-0.15, -0.1) is 0 Å². The molecular weight excluding hydrogens is 196 g/mol. The normalized spacial score (nSPS) is 27.2. The summed E-state index contributed by atoms with van der Waals surface area (Å²) in [5.74, 6) is -0.846. The lowest BCUT2D eigenvalue weighted by Gasteiger charge is -2.38. The topological polar surface area (TPSA) is 69.6 Å². The highest BCUT2D eigenvalue weighted by molar-refractivity contribution is 5.86. The molecule has 0 spiro atoms. The Balaban J connectivity index is 2.03. The fraction of sp³-hybridized carbons (Fsp3) is 0.800. The van der Waals surface area contributed by atoms with Gasteiger partial charge in [0, 0.05) is 19.6 Å². The Morgan fingerprint density at radius 3 is 2.53 bits per heavy atom. The lowest BCUT2D eigenvalue weighted by molar-refractivity contribution is -0.154. The Bertz CT molecular complexity index is 276. The van der Waals surface area contributed by atoms with Gasteiger partial charge in [-0.1, -0.05) is 0 Å². The van der Waals surface area contributed by atoms with Crippen LogP contribution in [0.1, 0.15) is 19.3 Å². The Kier molecular flexibility index (Phi) is 2.90. The van der Waals surface area contributed by atoms with Gasteiger partial charge in [-0.05, 0) is 19.3 Å². The number of hydrogen-bond acceptors (Lipinski definition) is 3. The molecule has 2 N–H and O–H groups in total. The highest BCUT2D eigenvalue weighted by Crippen LogP contribution is 2.20. The highest BCUT2D eigenvalue weighted by atomic mass is 16.4. The Hall–Kier alpha value is -1.10. The fourth-order valence-electron chi connectivity index (χ4n) is 2.15. The summed E-state index contributed by atoms with van der Waals surface area (Å²) in [6, 6.07) is -0.591. The third-order valence-electron chi connectivity index (χ3n) is 3.20. The van der Waals surface area contributed by atoms with Crippen molar-refractivity contribution in [3.05, 3.63) is 0 Å². The van der Waals surface area contributed by atoms with Gasteiger partial charge < -0.3 is 15.3 Å². The van der Waals surface area contributed by atoms with Gasteiger partial charge in [-0.3, -0.25) is 4.79 Å². The predicted octanol–water partition coefficient (Wildman–Crippen LogP) is -0.329. The van der Waals surface area contributed by atoms with Crippen LogP contribution in [0.5, 0.6) is 0 Å². The number of carboxylic acid groups (broad SMARTS) is 1. The average Bonchev–Trinajstić information content (AvgIpc) is 2.15. The second-order valence-corrected chi connectivity index (χ2v) is 4.24. The minimum atomic E-state index is -0.865. The maximum atomic E-state index is 11.9. The van der Waals surface area contributed by atoms with Crippen LogP contribution in [0.3, 0.4) is 0 Å². The van der Waals surface area contributed by atoms with Crippen molar-refractivity contribution in [3.63, 3.8) is 0 Å². The van der Waals surface area contributed by atoms with Crippen LogP contribution in [0.15, 0.2) is 0 Å². The number of hydrogen-bond donors (Lipinski definition) is 2. The number of carbonyl (C=O) groups excluding carboxylic acids is 1. The first kappa shape index (κ1) is 10.4. The van der Waals surface area contributed by atoms with E-state index in [4.69, 9.17) is 5.11 Å². The molecule has 0 unspecified atom stereocenters. The Morgan fingerprint density at radius 2 is 2.00 bits per heavy atom. The van der Waals surface area contributed by atoms with E-state index in [1.54, 1.807) is 4.90 Å². The number of carboxylic acids is 1. The van der Waals surface area contributed by atoms with Crippen LogP contribution in [-0.4, -0.2) is 47.6 Å². The molecule has 0 saturated carbocycles. The standard InChI is InChI=1S/C10H16N2O3/c13-9(7-5-11-6-7)12-4-2-1-3-8(12)10(14)15/h7-8,11H,1-6H2,(H,14,15)/t8-/m1/s1. The number of nitrogens with one attached hydrogen (secondary N) is 1. The quantitative estimate of drug-likeness (QED) is 0.657. The van der Waals surface area contributed by atoms with Crippen LogP contribution in [0.25, 0.3) is 0 Å². The lowest BCUT2D eigenvalue weighted by Crippen LogP contribution is -2.57. The van der Waals surface area contributed by atoms with E-state index in [0.29, 0.717) is 26.1 Å². The number of rotatable bonds is 2. The van der Waals surface area contributed by atoms with E-state index in [1.165, 1.54) is 0 Å². The number of nitrogens with zero attached hydrogens (tertiary/aromatic N) is 1. The second-order valence-electron chi connectivity index (χ2n) is 4.24. The number of likely N-dealkylation sites (tertiary alicyclic amines) is 1. The van der Waals surface area contributed by atoms with Crippen LogP contribution >= 0.6 is 0 Å². The predicted molar refractivity (Wildman–Crippen MR) is 53.3 cm³/mol. The zero-order valence-corrected chi connectivity index (χ0v) is 8.61. The van der Waals surface area contributed by atoms with Crippen molar-refractivity contribution in [2.45, 2.75) is 25.3 Å². The van der Waals surface area contributed by atoms with Crippen LogP contribution < -0.4 is 5.32 Å². The summed E-state index contributed by atoms with van der Waals surface area (Å²) < 4.78 is 0. The summed E-state index contributed by atoms with van der Waals surface area (Å²) in [5, 5.41) is 12.1. The number of carbonyl (C=O) groups is 2. The van der Waals surface area contributed by atoms with Crippen molar-refractivity contribution in [1.29, 1.82) is 0 Å². The molecule has 0 aliphatic carbocycles. The molecule has 0 bridgehead atoms. The summed E-state index contributed by atoms with van der Waals surface area (Å²) >= 11 is 0. The minimum absolute atomic E-state index is 0.00458. The third kappa shape index (κ3) is 1.97. The molecule has 5 nitrogen and oxygen atoms in total. The van der Waals surface area contributed by atoms with E-state index < -0.39 is 12.0 Å². The van der Waals surface area contributed by atoms with E-state index in [0.717, 1.165) is 12.8 Å². The summed E-state index contributed by atoms with van der Waals surface area (Å²) in [7, 11) is 0. The number of aliphatic carboxylic acids is 1. The molecule has 5 heteroatoms. The first-order chi connectivity index (χ1) is 7.20. The van der Waals surface area contributed by atoms with Crippen molar-refractivity contribution in [3.8, 4) is 0 Å². The van der Waals surface area contributed by atoms with Crippen LogP contribution in [0, 0.1) is 5.92 Å². The molecule has 2 saturated heterocycles. The van der Waals surface area contributed by atoms with Gasteiger partial charge in [-0.2, -0.15) is 0 Å². The zero-order valence-electron chi connectivity index (χ0n) is 8.61. The fourth-order valence-corrected chi connectivity index (χ4v) is 2.15. The second kappa shape index (κ2) is 4.18. The molecule has 2 heterocycles. The molecule has 84 valence electrons. The molecule has 0 aromatic carbocycles. The van der Waals surface area contributed by atoms with E-state index >= 15 is 0 Å². The highest BCUT2D eigenvalue weighted by Gasteiger charge is 2.37. The summed E-state index contributed by atoms with van der Waals surface area (Å²) in [4.78, 5) is 24.5. The Labute approximate surface area is 88.4 Å². The minimum Gasteiger partial charge on any atom is -0.480 e. The van der Waals surface area contributed by atoms with E-state index in [2.05, 4.69) is 5.32 Å². The molecule has 0 radical (unpaired) electrons. The lowest BCUT2D eigenvalue weighted by atomic mass is 9.96. The van der Waals surface area contributed by atoms with E-state index in [9.17, 15) is 9.59 Å². The molecule has 0 aromatic rings. The molecule has 2 aliphatic rings. The van der Waals surface area contributed by atoms with Gasteiger partial charge in [0.15, 0.2) is 0 Å². The van der Waals surface area contributed by atoms with Gasteiger partial charge >= 0.3 is 5.97 Å². The van der Waals surface area contributed by atoms with Gasteiger partial charge in [0.1, 0.15) is 6.04 Å². The van der Waals surface area contributed by atoms with Crippen molar-refractivity contribution >= 4 is 11.9 Å². The van der Waals surface area contributed by atoms with Gasteiger partial charge in [0.05, 0.1) is 5.92 Å². The molecule has 1 atom stereocenters. The van der Waals surface area contributed by atoms with Crippen molar-refractivity contribution in [1.82, 2.24) is 10.2 Å². The number of amides is 1. The maximum absolute atomic E-state index is 11.9. The third-order valence-corrected chi connectivity index (χ3v) is 3.20. The van der Waals surface area contributed by atoms with Crippen LogP contribution in [-0.2, 0) is 9.59 Å². The largest absolute Gasteiger partial charge is 0.480 e. The van der Waals surface area contributed by atoms with Gasteiger partial charge in [0.2, 0.25) is 5.91 Å². The molecular formula is C10H16N2O3. The van der Waals surface area contributed by atoms with Gasteiger partial charge in [-0.25, -0.2) is 4.79 Å². The van der Waals surface area contributed by atoms with Crippen LogP contribution in [0.4, 0.5) is 0 Å². The maximum Gasteiger partial charge on any atom is 0.326 e. The molecule has 0 aromatic heterocycles. The Morgan fingerprint density at radius 1 is 1.27 bits per heavy atom. The monoisotopic (exact) mass is 212 g/mol. The van der Waals surface area contributed by atoms with Crippen molar-refractivity contribution in [2.24, 2.45) is 5.92 Å². The molecule has 1 amide bonds. The first-order valence-electron chi connectivity index (χ1n) is 5.44. The molecule has 2 fully saturated rings. The summed E-state index contributed by atoms with van der Waals surface area (Å²) in [5.41, 5.74) is 0.